The molecular weight excluding hydrogens is 292 g/mol. The molecule has 23 heavy (non-hydrogen) atoms. The highest BCUT2D eigenvalue weighted by Crippen LogP contribution is 2.18. The fourth-order valence-electron chi connectivity index (χ4n) is 2.70. The van der Waals surface area contributed by atoms with Crippen LogP contribution in [0.2, 0.25) is 0 Å². The van der Waals surface area contributed by atoms with Crippen LogP contribution in [0.1, 0.15) is 19.8 Å². The second kappa shape index (κ2) is 6.89. The molecule has 0 bridgehead atoms. The largest absolute Gasteiger partial charge is 0.368 e. The fourth-order valence-corrected chi connectivity index (χ4v) is 2.70. The van der Waals surface area contributed by atoms with Crippen molar-refractivity contribution >= 4 is 17.6 Å². The molecular formula is C17H24N4O2. The number of piperazine rings is 1. The van der Waals surface area contributed by atoms with E-state index in [0.717, 1.165) is 25.9 Å². The number of hydrogen-bond acceptors (Lipinski definition) is 3. The van der Waals surface area contributed by atoms with Crippen LogP contribution < -0.4 is 15.5 Å². The predicted molar refractivity (Wildman–Crippen MR) is 89.4 cm³/mol. The summed E-state index contributed by atoms with van der Waals surface area (Å²) in [7, 11) is 0. The summed E-state index contributed by atoms with van der Waals surface area (Å²) in [5.74, 6) is -0.0937. The van der Waals surface area contributed by atoms with E-state index in [4.69, 9.17) is 0 Å². The number of nitrogens with zero attached hydrogens (tertiary/aromatic N) is 2. The van der Waals surface area contributed by atoms with Crippen LogP contribution in [0, 0.1) is 0 Å². The molecule has 2 N–H and O–H groups in total. The highest BCUT2D eigenvalue weighted by molar-refractivity contribution is 5.87. The van der Waals surface area contributed by atoms with Crippen molar-refractivity contribution in [3.63, 3.8) is 0 Å². The molecule has 1 aliphatic carbocycles. The molecule has 3 rings (SSSR count). The van der Waals surface area contributed by atoms with Gasteiger partial charge in [-0.3, -0.25) is 4.79 Å². The van der Waals surface area contributed by atoms with Gasteiger partial charge in [0.25, 0.3) is 0 Å². The molecule has 1 saturated heterocycles. The molecule has 0 radical (unpaired) electrons. The van der Waals surface area contributed by atoms with E-state index in [1.165, 1.54) is 5.69 Å². The lowest BCUT2D eigenvalue weighted by molar-refractivity contribution is -0.122. The Labute approximate surface area is 136 Å². The van der Waals surface area contributed by atoms with Gasteiger partial charge >= 0.3 is 6.03 Å². The van der Waals surface area contributed by atoms with Gasteiger partial charge in [-0.15, -0.1) is 0 Å². The number of nitrogens with one attached hydrogen (secondary N) is 2. The lowest BCUT2D eigenvalue weighted by Crippen LogP contribution is -2.55. The number of amides is 3. The van der Waals surface area contributed by atoms with Crippen LogP contribution in [-0.2, 0) is 4.79 Å². The molecule has 6 heteroatoms. The molecule has 0 aromatic heterocycles. The molecule has 3 amide bonds. The van der Waals surface area contributed by atoms with Crippen LogP contribution in [-0.4, -0.2) is 55.1 Å². The third-order valence-electron chi connectivity index (χ3n) is 4.35. The molecule has 2 fully saturated rings. The van der Waals surface area contributed by atoms with E-state index in [0.29, 0.717) is 19.1 Å². The first kappa shape index (κ1) is 15.6. The van der Waals surface area contributed by atoms with Gasteiger partial charge in [-0.1, -0.05) is 18.2 Å². The Bertz CT molecular complexity index is 551. The van der Waals surface area contributed by atoms with Crippen LogP contribution in [0.15, 0.2) is 30.3 Å². The van der Waals surface area contributed by atoms with Crippen LogP contribution in [0.5, 0.6) is 0 Å². The van der Waals surface area contributed by atoms with Gasteiger partial charge in [0.2, 0.25) is 5.91 Å². The van der Waals surface area contributed by atoms with Gasteiger partial charge in [0, 0.05) is 37.9 Å². The van der Waals surface area contributed by atoms with Crippen molar-refractivity contribution in [3.05, 3.63) is 30.3 Å². The van der Waals surface area contributed by atoms with Gasteiger partial charge in [0.05, 0.1) is 0 Å². The third-order valence-corrected chi connectivity index (χ3v) is 4.35. The van der Waals surface area contributed by atoms with Gasteiger partial charge in [-0.2, -0.15) is 0 Å². The Hall–Kier alpha value is -2.24. The minimum atomic E-state index is -0.491. The van der Waals surface area contributed by atoms with Crippen LogP contribution in [0.25, 0.3) is 0 Å². The zero-order valence-corrected chi connectivity index (χ0v) is 13.5. The normalized spacial score (nSPS) is 19.2. The van der Waals surface area contributed by atoms with Crippen molar-refractivity contribution in [3.8, 4) is 0 Å². The summed E-state index contributed by atoms with van der Waals surface area (Å²) in [6.45, 7) is 4.67. The first-order chi connectivity index (χ1) is 11.1. The Kier molecular flexibility index (Phi) is 4.69. The number of benzene rings is 1. The summed E-state index contributed by atoms with van der Waals surface area (Å²) in [6.07, 6.45) is 2.10. The van der Waals surface area contributed by atoms with Crippen LogP contribution >= 0.6 is 0 Å². The second-order valence-corrected chi connectivity index (χ2v) is 6.26. The van der Waals surface area contributed by atoms with E-state index >= 15 is 0 Å². The molecule has 1 heterocycles. The maximum atomic E-state index is 12.3. The van der Waals surface area contributed by atoms with Crippen LogP contribution in [0.3, 0.4) is 0 Å². The van der Waals surface area contributed by atoms with Gasteiger partial charge in [0.15, 0.2) is 0 Å². The summed E-state index contributed by atoms with van der Waals surface area (Å²) in [4.78, 5) is 28.2. The highest BCUT2D eigenvalue weighted by Gasteiger charge is 2.28. The summed E-state index contributed by atoms with van der Waals surface area (Å²) in [6, 6.07) is 9.88. The Morgan fingerprint density at radius 1 is 1.09 bits per heavy atom. The van der Waals surface area contributed by atoms with E-state index < -0.39 is 6.04 Å². The van der Waals surface area contributed by atoms with Crippen molar-refractivity contribution in [1.82, 2.24) is 15.5 Å². The quantitative estimate of drug-likeness (QED) is 0.877. The van der Waals surface area contributed by atoms with E-state index in [-0.39, 0.29) is 11.9 Å². The number of para-hydroxylation sites is 1. The highest BCUT2D eigenvalue weighted by atomic mass is 16.2. The first-order valence-corrected chi connectivity index (χ1v) is 8.29. The maximum Gasteiger partial charge on any atom is 0.318 e. The first-order valence-electron chi connectivity index (χ1n) is 8.29. The van der Waals surface area contributed by atoms with Gasteiger partial charge < -0.3 is 20.4 Å². The molecule has 124 valence electrons. The minimum Gasteiger partial charge on any atom is -0.368 e. The number of rotatable bonds is 4. The Balaban J connectivity index is 1.45. The SMILES string of the molecule is C[C@H](NC(=O)N1CCN(c2ccccc2)CC1)C(=O)NC1CC1. The van der Waals surface area contributed by atoms with Crippen LogP contribution in [0.4, 0.5) is 10.5 Å². The molecule has 0 unspecified atom stereocenters. The van der Waals surface area contributed by atoms with E-state index in [1.54, 1.807) is 11.8 Å². The molecule has 6 nitrogen and oxygen atoms in total. The summed E-state index contributed by atoms with van der Waals surface area (Å²) >= 11 is 0. The summed E-state index contributed by atoms with van der Waals surface area (Å²) < 4.78 is 0. The molecule has 1 aromatic rings. The van der Waals surface area contributed by atoms with E-state index in [2.05, 4.69) is 27.7 Å². The van der Waals surface area contributed by atoms with Gasteiger partial charge in [-0.05, 0) is 31.9 Å². The zero-order valence-electron chi connectivity index (χ0n) is 13.5. The smallest absolute Gasteiger partial charge is 0.318 e. The number of anilines is 1. The van der Waals surface area contributed by atoms with E-state index in [1.807, 2.05) is 18.2 Å². The molecule has 0 spiro atoms. The molecule has 1 aliphatic heterocycles. The number of carbonyl (C=O) groups excluding carboxylic acids is 2. The van der Waals surface area contributed by atoms with Crippen molar-refractivity contribution in [1.29, 1.82) is 0 Å². The predicted octanol–water partition coefficient (Wildman–Crippen LogP) is 1.19. The zero-order chi connectivity index (χ0) is 16.2. The lowest BCUT2D eigenvalue weighted by Gasteiger charge is -2.36. The van der Waals surface area contributed by atoms with Crippen molar-refractivity contribution < 1.29 is 9.59 Å². The number of urea groups is 1. The number of hydrogen-bond donors (Lipinski definition) is 2. The van der Waals surface area contributed by atoms with Gasteiger partial charge in [0.1, 0.15) is 6.04 Å². The average molecular weight is 316 g/mol. The van der Waals surface area contributed by atoms with Gasteiger partial charge in [-0.25, -0.2) is 4.79 Å². The molecule has 1 saturated carbocycles. The maximum absolute atomic E-state index is 12.3. The second-order valence-electron chi connectivity index (χ2n) is 6.26. The minimum absolute atomic E-state index is 0.0937. The van der Waals surface area contributed by atoms with Crippen molar-refractivity contribution in [2.45, 2.75) is 31.8 Å². The topological polar surface area (TPSA) is 64.7 Å². The lowest BCUT2D eigenvalue weighted by atomic mass is 10.2. The third kappa shape index (κ3) is 4.15. The Morgan fingerprint density at radius 3 is 2.35 bits per heavy atom. The monoisotopic (exact) mass is 316 g/mol. The summed E-state index contributed by atoms with van der Waals surface area (Å²) in [5, 5.41) is 5.70. The van der Waals surface area contributed by atoms with Crippen molar-refractivity contribution in [2.24, 2.45) is 0 Å². The Morgan fingerprint density at radius 2 is 1.74 bits per heavy atom. The standard InChI is InChI=1S/C17H24N4O2/c1-13(16(22)19-14-7-8-14)18-17(23)21-11-9-20(10-12-21)15-5-3-2-4-6-15/h2-6,13-14H,7-12H2,1H3,(H,18,23)(H,19,22)/t13-/m0/s1. The molecule has 1 aromatic carbocycles. The average Bonchev–Trinajstić information content (AvgIpc) is 3.39. The molecule has 1 atom stereocenters. The molecule has 2 aliphatic rings. The van der Waals surface area contributed by atoms with E-state index in [9.17, 15) is 9.59 Å². The fraction of sp³-hybridized carbons (Fsp3) is 0.529. The number of carbonyl (C=O) groups is 2. The summed E-state index contributed by atoms with van der Waals surface area (Å²) in [5.41, 5.74) is 1.18. The van der Waals surface area contributed by atoms with Crippen molar-refractivity contribution in [2.75, 3.05) is 31.1 Å².